The van der Waals surface area contributed by atoms with E-state index in [0.717, 1.165) is 12.8 Å². The summed E-state index contributed by atoms with van der Waals surface area (Å²) in [5, 5.41) is 0. The predicted octanol–water partition coefficient (Wildman–Crippen LogP) is 5.37. The van der Waals surface area contributed by atoms with E-state index in [9.17, 15) is 26.0 Å². The molecule has 0 radical (unpaired) electrons. The van der Waals surface area contributed by atoms with Crippen molar-refractivity contribution in [1.82, 2.24) is 0 Å². The van der Waals surface area contributed by atoms with Crippen molar-refractivity contribution < 1.29 is 26.0 Å². The normalized spacial score (nSPS) is 17.6. The number of sulfone groups is 1. The van der Waals surface area contributed by atoms with Gasteiger partial charge in [-0.1, -0.05) is 24.3 Å². The second-order valence-electron chi connectivity index (χ2n) is 7.28. The molecule has 0 amide bonds. The molecule has 2 nitrogen and oxygen atoms in total. The third kappa shape index (κ3) is 2.98. The van der Waals surface area contributed by atoms with Gasteiger partial charge in [0, 0.05) is 11.0 Å². The van der Waals surface area contributed by atoms with E-state index >= 15 is 0 Å². The minimum Gasteiger partial charge on any atom is -0.233 e. The van der Waals surface area contributed by atoms with Gasteiger partial charge in [-0.2, -0.15) is 0 Å². The van der Waals surface area contributed by atoms with Crippen molar-refractivity contribution in [1.29, 1.82) is 0 Å². The van der Waals surface area contributed by atoms with Crippen molar-refractivity contribution in [2.45, 2.75) is 24.7 Å². The lowest BCUT2D eigenvalue weighted by atomic mass is 9.93. The quantitative estimate of drug-likeness (QED) is 0.503. The van der Waals surface area contributed by atoms with Gasteiger partial charge in [-0.25, -0.2) is 26.0 Å². The lowest BCUT2D eigenvalue weighted by Crippen LogP contribution is -2.03. The molecule has 28 heavy (non-hydrogen) atoms. The van der Waals surface area contributed by atoms with Crippen LogP contribution in [0.1, 0.15) is 29.5 Å². The molecule has 2 aromatic carbocycles. The summed E-state index contributed by atoms with van der Waals surface area (Å²) < 4.78 is 78.2. The van der Waals surface area contributed by atoms with Crippen molar-refractivity contribution in [3.05, 3.63) is 76.6 Å². The molecule has 0 N–H and O–H groups in total. The van der Waals surface area contributed by atoms with Gasteiger partial charge in [-0.05, 0) is 60.2 Å². The van der Waals surface area contributed by atoms with Gasteiger partial charge in [0.1, 0.15) is 0 Å². The minimum atomic E-state index is -3.99. The summed E-state index contributed by atoms with van der Waals surface area (Å²) >= 11 is 0. The molecule has 4 rings (SSSR count). The van der Waals surface area contributed by atoms with E-state index in [0.29, 0.717) is 16.7 Å². The van der Waals surface area contributed by atoms with Crippen molar-refractivity contribution >= 4 is 21.0 Å². The number of rotatable bonds is 4. The molecule has 0 bridgehead atoms. The predicted molar refractivity (Wildman–Crippen MR) is 98.3 cm³/mol. The molecule has 1 fully saturated rings. The largest absolute Gasteiger partial charge is 0.233 e. The zero-order chi connectivity index (χ0) is 20.3. The van der Waals surface area contributed by atoms with E-state index in [1.54, 1.807) is 0 Å². The Bertz CT molecular complexity index is 1140. The second kappa shape index (κ2) is 6.30. The highest BCUT2D eigenvalue weighted by molar-refractivity contribution is 7.91. The van der Waals surface area contributed by atoms with Gasteiger partial charge in [0.15, 0.2) is 23.5 Å². The zero-order valence-electron chi connectivity index (χ0n) is 14.9. The molecule has 1 spiro atoms. The van der Waals surface area contributed by atoms with Gasteiger partial charge in [-0.15, -0.1) is 0 Å². The average Bonchev–Trinajstić information content (AvgIpc) is 3.34. The smallest absolute Gasteiger partial charge is 0.207 e. The SMILES string of the molecule is Cc1cc(C2=CC3(C=C2c2ccc(S(=O)(=O)CF)cc2)CC3)c(F)c(F)c1F. The van der Waals surface area contributed by atoms with E-state index in [2.05, 4.69) is 0 Å². The summed E-state index contributed by atoms with van der Waals surface area (Å²) in [5.74, 6) is -3.99. The standard InChI is InChI=1S/C21H16F4O2S/c1-12-8-15(19(24)20(25)18(12)23)17-10-21(6-7-21)9-16(17)13-2-4-14(5-3-13)28(26,27)11-22/h2-5,8-10H,6-7,11H2,1H3. The molecule has 0 saturated heterocycles. The fourth-order valence-corrected chi connectivity index (χ4v) is 4.18. The van der Waals surface area contributed by atoms with E-state index in [1.165, 1.54) is 37.3 Å². The summed E-state index contributed by atoms with van der Waals surface area (Å²) in [6.45, 7) is 1.36. The Morgan fingerprint density at radius 1 is 0.929 bits per heavy atom. The van der Waals surface area contributed by atoms with Crippen molar-refractivity contribution in [3.63, 3.8) is 0 Å². The Hall–Kier alpha value is -2.41. The molecule has 1 saturated carbocycles. The number of alkyl halides is 1. The third-order valence-electron chi connectivity index (χ3n) is 5.27. The summed E-state index contributed by atoms with van der Waals surface area (Å²) in [7, 11) is -3.99. The number of benzene rings is 2. The first kappa shape index (κ1) is 18.9. The van der Waals surface area contributed by atoms with Crippen LogP contribution < -0.4 is 0 Å². The van der Waals surface area contributed by atoms with Gasteiger partial charge in [0.05, 0.1) is 4.90 Å². The van der Waals surface area contributed by atoms with Crippen LogP contribution in [0.5, 0.6) is 0 Å². The number of aryl methyl sites for hydroxylation is 1. The number of allylic oxidation sites excluding steroid dienone is 4. The van der Waals surface area contributed by atoms with Crippen LogP contribution in [0.15, 0.2) is 47.4 Å². The minimum absolute atomic E-state index is 0.00437. The molecule has 0 aliphatic heterocycles. The van der Waals surface area contributed by atoms with Crippen LogP contribution in [0, 0.1) is 29.8 Å². The highest BCUT2D eigenvalue weighted by Gasteiger charge is 2.44. The molecule has 0 aromatic heterocycles. The Morgan fingerprint density at radius 3 is 2.11 bits per heavy atom. The molecule has 2 aliphatic rings. The molecule has 7 heteroatoms. The van der Waals surface area contributed by atoms with Crippen molar-refractivity contribution in [3.8, 4) is 0 Å². The fourth-order valence-electron chi connectivity index (χ4n) is 3.50. The van der Waals surface area contributed by atoms with E-state index in [-0.39, 0.29) is 21.4 Å². The maximum atomic E-state index is 14.5. The van der Waals surface area contributed by atoms with Crippen molar-refractivity contribution in [2.75, 3.05) is 6.01 Å². The maximum Gasteiger partial charge on any atom is 0.207 e. The van der Waals surface area contributed by atoms with Gasteiger partial charge in [0.25, 0.3) is 0 Å². The van der Waals surface area contributed by atoms with E-state index in [1.807, 2.05) is 12.2 Å². The van der Waals surface area contributed by atoms with Crippen LogP contribution >= 0.6 is 0 Å². The highest BCUT2D eigenvalue weighted by Crippen LogP contribution is 2.58. The number of hydrogen-bond acceptors (Lipinski definition) is 2. The molecule has 146 valence electrons. The Labute approximate surface area is 160 Å². The molecular weight excluding hydrogens is 392 g/mol. The van der Waals surface area contributed by atoms with Crippen LogP contribution in [0.25, 0.3) is 11.1 Å². The van der Waals surface area contributed by atoms with Gasteiger partial charge >= 0.3 is 0 Å². The Morgan fingerprint density at radius 2 is 1.54 bits per heavy atom. The topological polar surface area (TPSA) is 34.1 Å². The Balaban J connectivity index is 1.81. The first-order chi connectivity index (χ1) is 13.2. The number of halogens is 4. The van der Waals surface area contributed by atoms with Crippen molar-refractivity contribution in [2.24, 2.45) is 5.41 Å². The fraction of sp³-hybridized carbons (Fsp3) is 0.238. The van der Waals surface area contributed by atoms with E-state index < -0.39 is 33.3 Å². The van der Waals surface area contributed by atoms with Crippen LogP contribution in [0.2, 0.25) is 0 Å². The molecule has 0 atom stereocenters. The summed E-state index contributed by atoms with van der Waals surface area (Å²) in [5.41, 5.74) is 1.38. The van der Waals surface area contributed by atoms with E-state index in [4.69, 9.17) is 0 Å². The van der Waals surface area contributed by atoms with Crippen LogP contribution in [-0.2, 0) is 9.84 Å². The third-order valence-corrected chi connectivity index (χ3v) is 6.55. The van der Waals surface area contributed by atoms with Gasteiger partial charge in [0.2, 0.25) is 9.84 Å². The Kier molecular flexibility index (Phi) is 4.26. The molecule has 0 heterocycles. The summed E-state index contributed by atoms with van der Waals surface area (Å²) in [6.07, 6.45) is 5.51. The van der Waals surface area contributed by atoms with Gasteiger partial charge in [-0.3, -0.25) is 0 Å². The average molecular weight is 408 g/mol. The maximum absolute atomic E-state index is 14.5. The van der Waals surface area contributed by atoms with Crippen LogP contribution in [-0.4, -0.2) is 14.4 Å². The van der Waals surface area contributed by atoms with Crippen LogP contribution in [0.4, 0.5) is 17.6 Å². The second-order valence-corrected chi connectivity index (χ2v) is 9.20. The van der Waals surface area contributed by atoms with Crippen LogP contribution in [0.3, 0.4) is 0 Å². The summed E-state index contributed by atoms with van der Waals surface area (Å²) in [6, 6.07) is 5.36. The first-order valence-corrected chi connectivity index (χ1v) is 10.3. The summed E-state index contributed by atoms with van der Waals surface area (Å²) in [4.78, 5) is -0.154. The zero-order valence-corrected chi connectivity index (χ0v) is 15.7. The first-order valence-electron chi connectivity index (χ1n) is 8.67. The molecular formula is C21H16F4O2S. The molecule has 0 unspecified atom stereocenters. The highest BCUT2D eigenvalue weighted by atomic mass is 32.2. The number of hydrogen-bond donors (Lipinski definition) is 0. The monoisotopic (exact) mass is 408 g/mol. The van der Waals surface area contributed by atoms with Gasteiger partial charge < -0.3 is 0 Å². The lowest BCUT2D eigenvalue weighted by molar-refractivity contribution is 0.442. The molecule has 2 aromatic rings. The lowest BCUT2D eigenvalue weighted by Gasteiger charge is -2.13. The molecule has 2 aliphatic carbocycles.